The first-order chi connectivity index (χ1) is 7.06. The molecular formula is C12H25NO2. The van der Waals surface area contributed by atoms with Crippen molar-refractivity contribution >= 4 is 0 Å². The standard InChI is InChI=1S/C12H25NO2/c1-4-5-12(14)9-13(10-12)6-7-15-8-11(2)3/h11,14H,4-10H2,1-3H3. The molecule has 0 aliphatic carbocycles. The Kier molecular flexibility index (Phi) is 5.03. The molecule has 3 nitrogen and oxygen atoms in total. The normalized spacial score (nSPS) is 20.6. The molecule has 0 aromatic heterocycles. The van der Waals surface area contributed by atoms with Crippen molar-refractivity contribution in [2.24, 2.45) is 5.92 Å². The number of β-amino-alcohol motifs (C(OH)–C–C–N with tert-alkyl or cyclic N) is 1. The van der Waals surface area contributed by atoms with Crippen molar-refractivity contribution < 1.29 is 9.84 Å². The van der Waals surface area contributed by atoms with Gasteiger partial charge in [0.1, 0.15) is 0 Å². The van der Waals surface area contributed by atoms with Crippen LogP contribution in [0.2, 0.25) is 0 Å². The minimum atomic E-state index is -0.396. The Bertz CT molecular complexity index is 176. The zero-order valence-electron chi connectivity index (χ0n) is 10.3. The Morgan fingerprint density at radius 1 is 1.40 bits per heavy atom. The molecule has 0 aromatic rings. The van der Waals surface area contributed by atoms with E-state index in [1.54, 1.807) is 0 Å². The van der Waals surface area contributed by atoms with E-state index >= 15 is 0 Å². The quantitative estimate of drug-likeness (QED) is 0.653. The van der Waals surface area contributed by atoms with Crippen molar-refractivity contribution in [3.05, 3.63) is 0 Å². The summed E-state index contributed by atoms with van der Waals surface area (Å²) in [4.78, 5) is 2.26. The lowest BCUT2D eigenvalue weighted by molar-refractivity contribution is -0.109. The Morgan fingerprint density at radius 3 is 2.60 bits per heavy atom. The summed E-state index contributed by atoms with van der Waals surface area (Å²) in [5.74, 6) is 0.610. The first-order valence-corrected chi connectivity index (χ1v) is 6.08. The molecule has 0 aromatic carbocycles. The number of rotatable bonds is 7. The largest absolute Gasteiger partial charge is 0.387 e. The van der Waals surface area contributed by atoms with Gasteiger partial charge in [-0.15, -0.1) is 0 Å². The van der Waals surface area contributed by atoms with E-state index in [0.717, 1.165) is 45.7 Å². The molecule has 15 heavy (non-hydrogen) atoms. The highest BCUT2D eigenvalue weighted by Crippen LogP contribution is 2.24. The molecule has 0 atom stereocenters. The Hall–Kier alpha value is -0.120. The van der Waals surface area contributed by atoms with Gasteiger partial charge in [-0.05, 0) is 12.3 Å². The van der Waals surface area contributed by atoms with Gasteiger partial charge in [-0.3, -0.25) is 4.90 Å². The Labute approximate surface area is 93.4 Å². The lowest BCUT2D eigenvalue weighted by Gasteiger charge is -2.46. The van der Waals surface area contributed by atoms with E-state index in [-0.39, 0.29) is 0 Å². The fraction of sp³-hybridized carbons (Fsp3) is 1.00. The van der Waals surface area contributed by atoms with E-state index in [2.05, 4.69) is 25.7 Å². The summed E-state index contributed by atoms with van der Waals surface area (Å²) in [6.45, 7) is 10.7. The van der Waals surface area contributed by atoms with Crippen molar-refractivity contribution in [3.63, 3.8) is 0 Å². The number of nitrogens with zero attached hydrogens (tertiary/aromatic N) is 1. The summed E-state index contributed by atoms with van der Waals surface area (Å²) < 4.78 is 5.51. The van der Waals surface area contributed by atoms with Crippen LogP contribution in [0.3, 0.4) is 0 Å². The first-order valence-electron chi connectivity index (χ1n) is 6.08. The van der Waals surface area contributed by atoms with Crippen LogP contribution in [0.4, 0.5) is 0 Å². The van der Waals surface area contributed by atoms with Crippen molar-refractivity contribution in [1.82, 2.24) is 4.90 Å². The molecule has 1 rings (SSSR count). The van der Waals surface area contributed by atoms with Crippen molar-refractivity contribution in [3.8, 4) is 0 Å². The van der Waals surface area contributed by atoms with E-state index in [0.29, 0.717) is 5.92 Å². The van der Waals surface area contributed by atoms with Gasteiger partial charge in [-0.1, -0.05) is 27.2 Å². The molecule has 1 saturated heterocycles. The summed E-state index contributed by atoms with van der Waals surface area (Å²) in [6.07, 6.45) is 1.99. The Balaban J connectivity index is 1.98. The first kappa shape index (κ1) is 12.9. The summed E-state index contributed by atoms with van der Waals surface area (Å²) in [7, 11) is 0. The lowest BCUT2D eigenvalue weighted by atomic mass is 9.89. The summed E-state index contributed by atoms with van der Waals surface area (Å²) >= 11 is 0. The van der Waals surface area contributed by atoms with Gasteiger partial charge in [-0.2, -0.15) is 0 Å². The van der Waals surface area contributed by atoms with Crippen LogP contribution in [0.1, 0.15) is 33.6 Å². The van der Waals surface area contributed by atoms with Crippen LogP contribution < -0.4 is 0 Å². The SMILES string of the molecule is CCCC1(O)CN(CCOCC(C)C)C1. The van der Waals surface area contributed by atoms with E-state index < -0.39 is 5.60 Å². The highest BCUT2D eigenvalue weighted by atomic mass is 16.5. The average Bonchev–Trinajstić information content (AvgIpc) is 2.09. The Morgan fingerprint density at radius 2 is 2.07 bits per heavy atom. The highest BCUT2D eigenvalue weighted by molar-refractivity contribution is 4.94. The van der Waals surface area contributed by atoms with Crippen LogP contribution in [0, 0.1) is 5.92 Å². The summed E-state index contributed by atoms with van der Waals surface area (Å²) in [5, 5.41) is 9.94. The van der Waals surface area contributed by atoms with Gasteiger partial charge in [0.25, 0.3) is 0 Å². The van der Waals surface area contributed by atoms with Gasteiger partial charge >= 0.3 is 0 Å². The molecule has 0 unspecified atom stereocenters. The monoisotopic (exact) mass is 215 g/mol. The van der Waals surface area contributed by atoms with Crippen LogP contribution >= 0.6 is 0 Å². The number of ether oxygens (including phenoxy) is 1. The molecule has 1 aliphatic rings. The number of aliphatic hydroxyl groups is 1. The van der Waals surface area contributed by atoms with Gasteiger partial charge in [-0.25, -0.2) is 0 Å². The number of hydrogen-bond acceptors (Lipinski definition) is 3. The molecule has 0 amide bonds. The van der Waals surface area contributed by atoms with Crippen molar-refractivity contribution in [2.45, 2.75) is 39.2 Å². The third-order valence-electron chi connectivity index (χ3n) is 2.75. The number of hydrogen-bond donors (Lipinski definition) is 1. The third kappa shape index (κ3) is 4.49. The van der Waals surface area contributed by atoms with E-state index in [1.165, 1.54) is 0 Å². The minimum absolute atomic E-state index is 0.396. The zero-order chi connectivity index (χ0) is 11.3. The molecule has 0 saturated carbocycles. The minimum Gasteiger partial charge on any atom is -0.387 e. The van der Waals surface area contributed by atoms with Crippen LogP contribution in [0.15, 0.2) is 0 Å². The predicted octanol–water partition coefficient (Wildman–Crippen LogP) is 1.51. The van der Waals surface area contributed by atoms with Crippen LogP contribution in [-0.2, 0) is 4.74 Å². The average molecular weight is 215 g/mol. The van der Waals surface area contributed by atoms with Gasteiger partial charge in [0.15, 0.2) is 0 Å². The molecule has 0 bridgehead atoms. The molecule has 1 aliphatic heterocycles. The molecule has 1 N–H and O–H groups in total. The molecule has 1 heterocycles. The fourth-order valence-corrected chi connectivity index (χ4v) is 2.08. The van der Waals surface area contributed by atoms with Crippen molar-refractivity contribution in [1.29, 1.82) is 0 Å². The van der Waals surface area contributed by atoms with Gasteiger partial charge in [0.05, 0.1) is 12.2 Å². The molecule has 1 fully saturated rings. The molecule has 90 valence electrons. The van der Waals surface area contributed by atoms with Crippen molar-refractivity contribution in [2.75, 3.05) is 32.8 Å². The summed E-state index contributed by atoms with van der Waals surface area (Å²) in [6, 6.07) is 0. The third-order valence-corrected chi connectivity index (χ3v) is 2.75. The lowest BCUT2D eigenvalue weighted by Crippen LogP contribution is -2.62. The van der Waals surface area contributed by atoms with Gasteiger partial charge in [0, 0.05) is 26.2 Å². The molecule has 0 radical (unpaired) electrons. The highest BCUT2D eigenvalue weighted by Gasteiger charge is 2.39. The second kappa shape index (κ2) is 5.83. The summed E-state index contributed by atoms with van der Waals surface area (Å²) in [5.41, 5.74) is -0.396. The second-order valence-electron chi connectivity index (χ2n) is 5.15. The fourth-order valence-electron chi connectivity index (χ4n) is 2.08. The predicted molar refractivity (Wildman–Crippen MR) is 62.0 cm³/mol. The molecular weight excluding hydrogens is 190 g/mol. The molecule has 0 spiro atoms. The maximum atomic E-state index is 9.94. The van der Waals surface area contributed by atoms with Crippen LogP contribution in [0.25, 0.3) is 0 Å². The van der Waals surface area contributed by atoms with Crippen LogP contribution in [-0.4, -0.2) is 48.5 Å². The smallest absolute Gasteiger partial charge is 0.0900 e. The maximum Gasteiger partial charge on any atom is 0.0900 e. The molecule has 3 heteroatoms. The topological polar surface area (TPSA) is 32.7 Å². The number of likely N-dealkylation sites (tertiary alicyclic amines) is 1. The van der Waals surface area contributed by atoms with Gasteiger partial charge < -0.3 is 9.84 Å². The zero-order valence-corrected chi connectivity index (χ0v) is 10.3. The van der Waals surface area contributed by atoms with E-state index in [1.807, 2.05) is 0 Å². The second-order valence-corrected chi connectivity index (χ2v) is 5.15. The van der Waals surface area contributed by atoms with E-state index in [9.17, 15) is 5.11 Å². The van der Waals surface area contributed by atoms with Gasteiger partial charge in [0.2, 0.25) is 0 Å². The van der Waals surface area contributed by atoms with E-state index in [4.69, 9.17) is 4.74 Å². The van der Waals surface area contributed by atoms with Crippen LogP contribution in [0.5, 0.6) is 0 Å². The maximum absolute atomic E-state index is 9.94.